The quantitative estimate of drug-likeness (QED) is 0.779. The molecule has 1 aromatic heterocycles. The lowest BCUT2D eigenvalue weighted by Crippen LogP contribution is -1.96. The number of thioether (sulfide) groups is 1. The molecule has 0 saturated heterocycles. The molecule has 0 spiro atoms. The fourth-order valence-electron chi connectivity index (χ4n) is 2.22. The monoisotopic (exact) mass is 248 g/mol. The summed E-state index contributed by atoms with van der Waals surface area (Å²) in [5.74, 6) is 1.83. The van der Waals surface area contributed by atoms with Crippen LogP contribution in [0, 0.1) is 0 Å². The smallest absolute Gasteiger partial charge is 0.146 e. The number of nitrogens with zero attached hydrogens (tertiary/aromatic N) is 2. The molecule has 0 N–H and O–H groups in total. The maximum atomic E-state index is 4.06. The van der Waals surface area contributed by atoms with Crippen molar-refractivity contribution in [1.82, 2.24) is 10.2 Å². The highest BCUT2D eigenvalue weighted by Crippen LogP contribution is 2.36. The first-order chi connectivity index (χ1) is 7.93. The maximum Gasteiger partial charge on any atom is 0.174 e. The third-order valence-electron chi connectivity index (χ3n) is 3.01. The van der Waals surface area contributed by atoms with Crippen LogP contribution in [0.25, 0.3) is 0 Å². The van der Waals surface area contributed by atoms with Crippen LogP contribution >= 0.6 is 23.1 Å². The molecule has 0 fully saturated rings. The van der Waals surface area contributed by atoms with Crippen molar-refractivity contribution in [3.8, 4) is 0 Å². The van der Waals surface area contributed by atoms with Crippen molar-refractivity contribution in [2.45, 2.75) is 23.1 Å². The minimum atomic E-state index is 0.699. The molecule has 0 amide bonds. The standard InChI is InChI=1S/C12H12N2S2/c1-2-4-11-9(3-1)5-6-10(11)7-15-12-14-13-8-16-12/h1-4,8,10H,5-7H2/t10-/m1/s1. The van der Waals surface area contributed by atoms with Gasteiger partial charge in [-0.3, -0.25) is 0 Å². The van der Waals surface area contributed by atoms with E-state index in [4.69, 9.17) is 0 Å². The lowest BCUT2D eigenvalue weighted by atomic mass is 10.0. The van der Waals surface area contributed by atoms with Crippen LogP contribution in [0.1, 0.15) is 23.5 Å². The Bertz CT molecular complexity index is 468. The zero-order chi connectivity index (χ0) is 10.8. The molecule has 0 unspecified atom stereocenters. The second-order valence-corrected chi connectivity index (χ2v) is 6.05. The highest BCUT2D eigenvalue weighted by Gasteiger charge is 2.22. The van der Waals surface area contributed by atoms with E-state index in [-0.39, 0.29) is 0 Å². The van der Waals surface area contributed by atoms with Gasteiger partial charge in [0.15, 0.2) is 4.34 Å². The molecular weight excluding hydrogens is 236 g/mol. The fraction of sp³-hybridized carbons (Fsp3) is 0.333. The Labute approximate surface area is 103 Å². The fourth-order valence-corrected chi connectivity index (χ4v) is 3.90. The van der Waals surface area contributed by atoms with Gasteiger partial charge in [-0.05, 0) is 29.9 Å². The van der Waals surface area contributed by atoms with Crippen molar-refractivity contribution in [1.29, 1.82) is 0 Å². The van der Waals surface area contributed by atoms with Gasteiger partial charge in [-0.2, -0.15) is 0 Å². The lowest BCUT2D eigenvalue weighted by Gasteiger charge is -2.09. The first-order valence-electron chi connectivity index (χ1n) is 5.40. The van der Waals surface area contributed by atoms with E-state index in [0.29, 0.717) is 5.92 Å². The molecule has 1 aliphatic carbocycles. The Morgan fingerprint density at radius 2 is 2.31 bits per heavy atom. The van der Waals surface area contributed by atoms with Gasteiger partial charge in [0.25, 0.3) is 0 Å². The number of fused-ring (bicyclic) bond motifs is 1. The predicted octanol–water partition coefficient (Wildman–Crippen LogP) is 3.36. The second-order valence-electron chi connectivity index (χ2n) is 3.95. The zero-order valence-corrected chi connectivity index (χ0v) is 10.4. The number of aryl methyl sites for hydroxylation is 1. The Hall–Kier alpha value is -0.870. The van der Waals surface area contributed by atoms with Gasteiger partial charge >= 0.3 is 0 Å². The molecule has 3 rings (SSSR count). The van der Waals surface area contributed by atoms with Crippen LogP contribution in [0.15, 0.2) is 34.1 Å². The number of benzene rings is 1. The Morgan fingerprint density at radius 1 is 1.38 bits per heavy atom. The van der Waals surface area contributed by atoms with Crippen molar-refractivity contribution in [2.24, 2.45) is 0 Å². The molecule has 82 valence electrons. The number of aromatic nitrogens is 2. The number of rotatable bonds is 3. The van der Waals surface area contributed by atoms with Gasteiger partial charge < -0.3 is 0 Å². The summed E-state index contributed by atoms with van der Waals surface area (Å²) in [5.41, 5.74) is 4.87. The van der Waals surface area contributed by atoms with Gasteiger partial charge in [0.2, 0.25) is 0 Å². The molecule has 2 nitrogen and oxygen atoms in total. The van der Waals surface area contributed by atoms with Gasteiger partial charge in [0.05, 0.1) is 0 Å². The molecule has 0 bridgehead atoms. The van der Waals surface area contributed by atoms with Crippen molar-refractivity contribution in [2.75, 3.05) is 5.75 Å². The molecular formula is C12H12N2S2. The maximum absolute atomic E-state index is 4.06. The van der Waals surface area contributed by atoms with Crippen molar-refractivity contribution in [3.63, 3.8) is 0 Å². The average molecular weight is 248 g/mol. The topological polar surface area (TPSA) is 25.8 Å². The predicted molar refractivity (Wildman–Crippen MR) is 68.1 cm³/mol. The van der Waals surface area contributed by atoms with Crippen LogP contribution in [-0.4, -0.2) is 16.0 Å². The van der Waals surface area contributed by atoms with Gasteiger partial charge in [-0.25, -0.2) is 0 Å². The summed E-state index contributed by atoms with van der Waals surface area (Å²) in [7, 11) is 0. The van der Waals surface area contributed by atoms with E-state index in [1.54, 1.807) is 22.4 Å². The van der Waals surface area contributed by atoms with Gasteiger partial charge in [-0.15, -0.1) is 10.2 Å². The highest BCUT2D eigenvalue weighted by molar-refractivity contribution is 8.01. The van der Waals surface area contributed by atoms with E-state index < -0.39 is 0 Å². The highest BCUT2D eigenvalue weighted by atomic mass is 32.2. The summed E-state index contributed by atoms with van der Waals surface area (Å²) in [6, 6.07) is 8.81. The summed E-state index contributed by atoms with van der Waals surface area (Å²) in [4.78, 5) is 0. The Morgan fingerprint density at radius 3 is 3.19 bits per heavy atom. The molecule has 1 aliphatic rings. The summed E-state index contributed by atoms with van der Waals surface area (Å²) >= 11 is 3.46. The number of hydrogen-bond donors (Lipinski definition) is 0. The van der Waals surface area contributed by atoms with Crippen LogP contribution in [0.5, 0.6) is 0 Å². The van der Waals surface area contributed by atoms with E-state index in [9.17, 15) is 0 Å². The molecule has 1 aromatic carbocycles. The Kier molecular flexibility index (Phi) is 2.93. The Balaban J connectivity index is 1.69. The largest absolute Gasteiger partial charge is 0.174 e. The summed E-state index contributed by atoms with van der Waals surface area (Å²) < 4.78 is 1.09. The third kappa shape index (κ3) is 1.99. The van der Waals surface area contributed by atoms with Gasteiger partial charge in [0.1, 0.15) is 5.51 Å². The first kappa shape index (κ1) is 10.3. The molecule has 4 heteroatoms. The van der Waals surface area contributed by atoms with Crippen molar-refractivity contribution >= 4 is 23.1 Å². The van der Waals surface area contributed by atoms with Crippen molar-refractivity contribution < 1.29 is 0 Å². The average Bonchev–Trinajstić information content (AvgIpc) is 2.96. The van der Waals surface area contributed by atoms with E-state index in [1.807, 2.05) is 11.8 Å². The zero-order valence-electron chi connectivity index (χ0n) is 8.80. The van der Waals surface area contributed by atoms with Gasteiger partial charge in [0, 0.05) is 5.75 Å². The number of hydrogen-bond acceptors (Lipinski definition) is 4. The van der Waals surface area contributed by atoms with Crippen LogP contribution in [-0.2, 0) is 6.42 Å². The molecule has 0 saturated carbocycles. The van der Waals surface area contributed by atoms with E-state index in [2.05, 4.69) is 34.5 Å². The van der Waals surface area contributed by atoms with Crippen LogP contribution < -0.4 is 0 Å². The van der Waals surface area contributed by atoms with E-state index in [1.165, 1.54) is 18.4 Å². The minimum Gasteiger partial charge on any atom is -0.146 e. The normalized spacial score (nSPS) is 18.6. The molecule has 0 radical (unpaired) electrons. The van der Waals surface area contributed by atoms with Crippen LogP contribution in [0.3, 0.4) is 0 Å². The SMILES string of the molecule is c1ccc2c(c1)CC[C@@H]2CSc1nncs1. The van der Waals surface area contributed by atoms with Crippen molar-refractivity contribution in [3.05, 3.63) is 40.9 Å². The second kappa shape index (κ2) is 4.55. The molecule has 2 aromatic rings. The van der Waals surface area contributed by atoms with Crippen LogP contribution in [0.4, 0.5) is 0 Å². The van der Waals surface area contributed by atoms with Crippen LogP contribution in [0.2, 0.25) is 0 Å². The minimum absolute atomic E-state index is 0.699. The lowest BCUT2D eigenvalue weighted by molar-refractivity contribution is 0.757. The molecule has 16 heavy (non-hydrogen) atoms. The van der Waals surface area contributed by atoms with E-state index >= 15 is 0 Å². The molecule has 0 aliphatic heterocycles. The summed E-state index contributed by atoms with van der Waals surface area (Å²) in [6.45, 7) is 0. The third-order valence-corrected chi connectivity index (χ3v) is 5.03. The summed E-state index contributed by atoms with van der Waals surface area (Å²) in [5, 5.41) is 7.92. The molecule has 1 heterocycles. The molecule has 1 atom stereocenters. The summed E-state index contributed by atoms with van der Waals surface area (Å²) in [6.07, 6.45) is 2.52. The first-order valence-corrected chi connectivity index (χ1v) is 7.27. The van der Waals surface area contributed by atoms with Gasteiger partial charge in [-0.1, -0.05) is 47.4 Å². The van der Waals surface area contributed by atoms with E-state index in [0.717, 1.165) is 10.1 Å².